The lowest BCUT2D eigenvalue weighted by Gasteiger charge is -2.22. The third kappa shape index (κ3) is 5.25. The van der Waals surface area contributed by atoms with Crippen LogP contribution in [0.1, 0.15) is 34.8 Å². The molecule has 1 aliphatic rings. The van der Waals surface area contributed by atoms with E-state index >= 15 is 0 Å². The van der Waals surface area contributed by atoms with E-state index in [1.807, 2.05) is 45.0 Å². The Morgan fingerprint density at radius 3 is 2.59 bits per heavy atom. The van der Waals surface area contributed by atoms with E-state index in [1.165, 1.54) is 5.56 Å². The monoisotopic (exact) mass is 396 g/mol. The van der Waals surface area contributed by atoms with Crippen LogP contribution in [0.25, 0.3) is 0 Å². The van der Waals surface area contributed by atoms with Crippen molar-refractivity contribution < 1.29 is 14.3 Å². The molecule has 0 atom stereocenters. The molecule has 1 aromatic heterocycles. The number of carbonyl (C=O) groups is 2. The van der Waals surface area contributed by atoms with Gasteiger partial charge in [0.1, 0.15) is 5.82 Å². The number of hydrogen-bond acceptors (Lipinski definition) is 5. The highest BCUT2D eigenvalue weighted by Gasteiger charge is 2.20. The van der Waals surface area contributed by atoms with Gasteiger partial charge < -0.3 is 19.9 Å². The first kappa shape index (κ1) is 20.6. The van der Waals surface area contributed by atoms with Crippen LogP contribution in [0.15, 0.2) is 36.5 Å². The van der Waals surface area contributed by atoms with E-state index in [2.05, 4.69) is 15.2 Å². The van der Waals surface area contributed by atoms with Crippen LogP contribution in [-0.2, 0) is 4.74 Å². The molecule has 0 saturated carbocycles. The second-order valence-corrected chi connectivity index (χ2v) is 7.18. The molecule has 29 heavy (non-hydrogen) atoms. The second-order valence-electron chi connectivity index (χ2n) is 7.18. The molecule has 7 heteroatoms. The Bertz CT molecular complexity index is 867. The van der Waals surface area contributed by atoms with E-state index in [9.17, 15) is 9.59 Å². The Labute approximate surface area is 171 Å². The van der Waals surface area contributed by atoms with Crippen LogP contribution >= 0.6 is 0 Å². The third-order valence-electron chi connectivity index (χ3n) is 5.12. The first-order valence-electron chi connectivity index (χ1n) is 9.99. The summed E-state index contributed by atoms with van der Waals surface area (Å²) in [6, 6.07) is 9.49. The Kier molecular flexibility index (Phi) is 6.69. The van der Waals surface area contributed by atoms with Crippen LogP contribution in [0, 0.1) is 13.8 Å². The van der Waals surface area contributed by atoms with Gasteiger partial charge in [0.25, 0.3) is 5.91 Å². The Morgan fingerprint density at radius 1 is 1.07 bits per heavy atom. The van der Waals surface area contributed by atoms with Crippen LogP contribution in [0.3, 0.4) is 0 Å². The predicted molar refractivity (Wildman–Crippen MR) is 114 cm³/mol. The summed E-state index contributed by atoms with van der Waals surface area (Å²) in [6.45, 7) is 9.00. The number of ether oxygens (including phenoxy) is 1. The van der Waals surface area contributed by atoms with Gasteiger partial charge in [-0.15, -0.1) is 0 Å². The van der Waals surface area contributed by atoms with Crippen molar-refractivity contribution in [2.75, 3.05) is 43.0 Å². The summed E-state index contributed by atoms with van der Waals surface area (Å²) in [7, 11) is 0. The molecule has 0 spiro atoms. The van der Waals surface area contributed by atoms with E-state index in [-0.39, 0.29) is 12.0 Å². The van der Waals surface area contributed by atoms with Gasteiger partial charge in [-0.25, -0.2) is 9.78 Å². The van der Waals surface area contributed by atoms with Crippen molar-refractivity contribution in [3.8, 4) is 0 Å². The number of aromatic nitrogens is 1. The molecular formula is C22H28N4O3. The fourth-order valence-electron chi connectivity index (χ4n) is 3.27. The van der Waals surface area contributed by atoms with Gasteiger partial charge in [-0.05, 0) is 62.6 Å². The molecule has 1 aromatic carbocycles. The molecule has 0 bridgehead atoms. The average molecular weight is 396 g/mol. The number of hydrogen-bond donors (Lipinski definition) is 1. The van der Waals surface area contributed by atoms with Gasteiger partial charge in [0.2, 0.25) is 0 Å². The predicted octanol–water partition coefficient (Wildman–Crippen LogP) is 3.62. The average Bonchev–Trinajstić information content (AvgIpc) is 2.97. The highest BCUT2D eigenvalue weighted by atomic mass is 16.6. The Balaban J connectivity index is 1.61. The Morgan fingerprint density at radius 2 is 1.90 bits per heavy atom. The van der Waals surface area contributed by atoms with Crippen LogP contribution in [0.4, 0.5) is 16.3 Å². The summed E-state index contributed by atoms with van der Waals surface area (Å²) in [5, 5.41) is 2.91. The maximum atomic E-state index is 12.5. The largest absolute Gasteiger partial charge is 0.450 e. The summed E-state index contributed by atoms with van der Waals surface area (Å²) in [6.07, 6.45) is 2.18. The van der Waals surface area contributed by atoms with Crippen molar-refractivity contribution in [1.82, 2.24) is 9.88 Å². The maximum absolute atomic E-state index is 12.5. The summed E-state index contributed by atoms with van der Waals surface area (Å²) >= 11 is 0. The van der Waals surface area contributed by atoms with Gasteiger partial charge in [0.05, 0.1) is 12.2 Å². The third-order valence-corrected chi connectivity index (χ3v) is 5.12. The fraction of sp³-hybridized carbons (Fsp3) is 0.409. The van der Waals surface area contributed by atoms with Crippen LogP contribution in [-0.4, -0.2) is 54.7 Å². The van der Waals surface area contributed by atoms with Crippen molar-refractivity contribution in [3.63, 3.8) is 0 Å². The van der Waals surface area contributed by atoms with Crippen molar-refractivity contribution in [2.45, 2.75) is 27.2 Å². The summed E-state index contributed by atoms with van der Waals surface area (Å²) in [5.74, 6) is 0.620. The van der Waals surface area contributed by atoms with Crippen molar-refractivity contribution in [2.24, 2.45) is 0 Å². The molecule has 7 nitrogen and oxygen atoms in total. The molecule has 1 fully saturated rings. The molecule has 2 aromatic rings. The number of aryl methyl sites for hydroxylation is 2. The van der Waals surface area contributed by atoms with Gasteiger partial charge in [-0.3, -0.25) is 4.79 Å². The summed E-state index contributed by atoms with van der Waals surface area (Å²) < 4.78 is 5.09. The topological polar surface area (TPSA) is 74.8 Å². The van der Waals surface area contributed by atoms with E-state index < -0.39 is 0 Å². The molecule has 1 N–H and O–H groups in total. The number of nitrogens with zero attached hydrogens (tertiary/aromatic N) is 3. The molecule has 2 amide bonds. The smallest absolute Gasteiger partial charge is 0.409 e. The van der Waals surface area contributed by atoms with Gasteiger partial charge in [-0.1, -0.05) is 6.07 Å². The summed E-state index contributed by atoms with van der Waals surface area (Å²) in [4.78, 5) is 32.8. The van der Waals surface area contributed by atoms with E-state index in [4.69, 9.17) is 4.74 Å². The highest BCUT2D eigenvalue weighted by molar-refractivity contribution is 6.04. The van der Waals surface area contributed by atoms with Crippen molar-refractivity contribution in [3.05, 3.63) is 53.2 Å². The van der Waals surface area contributed by atoms with Gasteiger partial charge in [0, 0.05) is 38.1 Å². The standard InChI is InChI=1S/C22H28N4O3/c1-4-29-22(28)26-11-5-10-25(12-13-26)20-9-7-18(15-23-20)21(27)24-19-8-6-16(2)17(3)14-19/h6-9,14-15H,4-5,10-13H2,1-3H3,(H,24,27). The lowest BCUT2D eigenvalue weighted by Crippen LogP contribution is -2.35. The van der Waals surface area contributed by atoms with E-state index in [0.717, 1.165) is 30.0 Å². The van der Waals surface area contributed by atoms with E-state index in [0.29, 0.717) is 31.8 Å². The number of benzene rings is 1. The molecule has 0 radical (unpaired) electrons. The quantitative estimate of drug-likeness (QED) is 0.854. The molecule has 154 valence electrons. The molecule has 0 aliphatic carbocycles. The normalized spacial score (nSPS) is 14.3. The molecule has 2 heterocycles. The molecule has 3 rings (SSSR count). The number of carbonyl (C=O) groups excluding carboxylic acids is 2. The number of pyridine rings is 1. The fourth-order valence-corrected chi connectivity index (χ4v) is 3.27. The minimum atomic E-state index is -0.263. The second kappa shape index (κ2) is 9.41. The van der Waals surface area contributed by atoms with Gasteiger partial charge in [0.15, 0.2) is 0 Å². The zero-order chi connectivity index (χ0) is 20.8. The minimum Gasteiger partial charge on any atom is -0.450 e. The lowest BCUT2D eigenvalue weighted by atomic mass is 10.1. The zero-order valence-electron chi connectivity index (χ0n) is 17.3. The first-order chi connectivity index (χ1) is 14.0. The maximum Gasteiger partial charge on any atom is 0.409 e. The van der Waals surface area contributed by atoms with Gasteiger partial charge in [-0.2, -0.15) is 0 Å². The number of rotatable bonds is 4. The SMILES string of the molecule is CCOC(=O)N1CCCN(c2ccc(C(=O)Nc3ccc(C)c(C)c3)cn2)CC1. The van der Waals surface area contributed by atoms with Crippen LogP contribution in [0.2, 0.25) is 0 Å². The summed E-state index contributed by atoms with van der Waals surface area (Å²) in [5.41, 5.74) is 3.60. The first-order valence-corrected chi connectivity index (χ1v) is 9.99. The molecule has 1 aliphatic heterocycles. The van der Waals surface area contributed by atoms with Crippen LogP contribution < -0.4 is 10.2 Å². The molecule has 1 saturated heterocycles. The van der Waals surface area contributed by atoms with Crippen LogP contribution in [0.5, 0.6) is 0 Å². The van der Waals surface area contributed by atoms with E-state index in [1.54, 1.807) is 17.2 Å². The number of nitrogens with one attached hydrogen (secondary N) is 1. The number of anilines is 2. The zero-order valence-corrected chi connectivity index (χ0v) is 17.3. The highest BCUT2D eigenvalue weighted by Crippen LogP contribution is 2.17. The van der Waals surface area contributed by atoms with Crippen molar-refractivity contribution >= 4 is 23.5 Å². The van der Waals surface area contributed by atoms with Gasteiger partial charge >= 0.3 is 6.09 Å². The lowest BCUT2D eigenvalue weighted by molar-refractivity contribution is 0.102. The minimum absolute atomic E-state index is 0.184. The molecule has 0 unspecified atom stereocenters. The Hall–Kier alpha value is -3.09. The number of amides is 2. The molecular weight excluding hydrogens is 368 g/mol. The van der Waals surface area contributed by atoms with Crippen molar-refractivity contribution in [1.29, 1.82) is 0 Å².